The zero-order chi connectivity index (χ0) is 14.8. The predicted octanol–water partition coefficient (Wildman–Crippen LogP) is 3.13. The van der Waals surface area contributed by atoms with E-state index < -0.39 is 0 Å². The first kappa shape index (κ1) is 15.3. The number of nitrogens with zero attached hydrogens (tertiary/aromatic N) is 2. The summed E-state index contributed by atoms with van der Waals surface area (Å²) in [6.45, 7) is 7.59. The molecule has 1 N–H and O–H groups in total. The van der Waals surface area contributed by atoms with E-state index in [1.54, 1.807) is 0 Å². The lowest BCUT2D eigenvalue weighted by atomic mass is 10.0. The molecule has 0 bridgehead atoms. The summed E-state index contributed by atoms with van der Waals surface area (Å²) in [6.07, 6.45) is 5.32. The van der Waals surface area contributed by atoms with Crippen LogP contribution < -0.4 is 10.2 Å². The molecular weight excluding hydrogens is 282 g/mol. The fourth-order valence-electron chi connectivity index (χ4n) is 2.81. The summed E-state index contributed by atoms with van der Waals surface area (Å²) in [5.41, 5.74) is 1.31. The molecule has 2 fully saturated rings. The average molecular weight is 309 g/mol. The Balaban J connectivity index is 1.74. The number of ether oxygens (including phenoxy) is 1. The quantitative estimate of drug-likeness (QED) is 0.839. The van der Waals surface area contributed by atoms with Crippen LogP contribution in [0, 0.1) is 0 Å². The van der Waals surface area contributed by atoms with Gasteiger partial charge in [-0.25, -0.2) is 4.98 Å². The maximum absolute atomic E-state index is 5.48. The average Bonchev–Trinajstić information content (AvgIpc) is 3.04. The van der Waals surface area contributed by atoms with Gasteiger partial charge in [-0.1, -0.05) is 13.8 Å². The molecule has 21 heavy (non-hydrogen) atoms. The highest BCUT2D eigenvalue weighted by atomic mass is 32.1. The molecule has 1 aliphatic carbocycles. The van der Waals surface area contributed by atoms with E-state index >= 15 is 0 Å². The molecule has 1 saturated heterocycles. The molecule has 4 nitrogen and oxygen atoms in total. The third-order valence-corrected chi connectivity index (χ3v) is 5.80. The second-order valence-electron chi connectivity index (χ2n) is 6.36. The summed E-state index contributed by atoms with van der Waals surface area (Å²) in [6, 6.07) is 0.755. The van der Waals surface area contributed by atoms with Crippen molar-refractivity contribution in [3.8, 4) is 0 Å². The van der Waals surface area contributed by atoms with E-state index in [2.05, 4.69) is 24.1 Å². The fraction of sp³-hybridized carbons (Fsp3) is 0.812. The van der Waals surface area contributed by atoms with E-state index in [-0.39, 0.29) is 0 Å². The smallest absolute Gasteiger partial charge is 0.185 e. The van der Waals surface area contributed by atoms with E-state index in [0.29, 0.717) is 12.0 Å². The van der Waals surface area contributed by atoms with Crippen molar-refractivity contribution in [3.63, 3.8) is 0 Å². The molecule has 0 aromatic carbocycles. The molecule has 2 unspecified atom stereocenters. The van der Waals surface area contributed by atoms with Crippen LogP contribution in [-0.2, 0) is 11.3 Å². The predicted molar refractivity (Wildman–Crippen MR) is 88.3 cm³/mol. The third-order valence-electron chi connectivity index (χ3n) is 4.67. The Bertz CT molecular complexity index is 472. The number of thiazole rings is 1. The zero-order valence-electron chi connectivity index (χ0n) is 13.4. The van der Waals surface area contributed by atoms with E-state index in [9.17, 15) is 0 Å². The van der Waals surface area contributed by atoms with E-state index in [0.717, 1.165) is 38.5 Å². The van der Waals surface area contributed by atoms with Crippen molar-refractivity contribution in [2.45, 2.75) is 64.1 Å². The molecule has 0 amide bonds. The minimum Gasteiger partial charge on any atom is -0.380 e. The largest absolute Gasteiger partial charge is 0.380 e. The van der Waals surface area contributed by atoms with Crippen molar-refractivity contribution in [1.82, 2.24) is 10.3 Å². The fourth-order valence-corrected chi connectivity index (χ4v) is 3.98. The van der Waals surface area contributed by atoms with Gasteiger partial charge in [-0.15, -0.1) is 11.3 Å². The molecule has 2 aliphatic rings. The minimum atomic E-state index is 0.369. The summed E-state index contributed by atoms with van der Waals surface area (Å²) in [4.78, 5) is 8.81. The molecule has 1 aromatic heterocycles. The highest BCUT2D eigenvalue weighted by molar-refractivity contribution is 7.15. The maximum atomic E-state index is 5.48. The molecule has 0 spiro atoms. The van der Waals surface area contributed by atoms with Crippen LogP contribution in [-0.4, -0.2) is 37.3 Å². The summed E-state index contributed by atoms with van der Waals surface area (Å²) in [5.74, 6) is 0.548. The van der Waals surface area contributed by atoms with Crippen LogP contribution in [0.25, 0.3) is 0 Å². The van der Waals surface area contributed by atoms with Crippen molar-refractivity contribution < 1.29 is 4.74 Å². The highest BCUT2D eigenvalue weighted by Crippen LogP contribution is 2.34. The Morgan fingerprint density at radius 1 is 1.43 bits per heavy atom. The lowest BCUT2D eigenvalue weighted by Crippen LogP contribution is -2.22. The topological polar surface area (TPSA) is 37.4 Å². The van der Waals surface area contributed by atoms with Crippen LogP contribution in [0.5, 0.6) is 0 Å². The Hall–Kier alpha value is -0.650. The van der Waals surface area contributed by atoms with Crippen LogP contribution in [0.2, 0.25) is 0 Å². The normalized spacial score (nSPS) is 23.8. The lowest BCUT2D eigenvalue weighted by molar-refractivity contribution is 0.121. The Morgan fingerprint density at radius 2 is 2.24 bits per heavy atom. The van der Waals surface area contributed by atoms with Crippen molar-refractivity contribution in [1.29, 1.82) is 0 Å². The number of methoxy groups -OCH3 is 1. The number of hydrogen-bond acceptors (Lipinski definition) is 5. The van der Waals surface area contributed by atoms with Gasteiger partial charge in [0.2, 0.25) is 0 Å². The van der Waals surface area contributed by atoms with Gasteiger partial charge in [0, 0.05) is 37.7 Å². The van der Waals surface area contributed by atoms with Crippen molar-refractivity contribution >= 4 is 16.5 Å². The molecule has 3 rings (SSSR count). The van der Waals surface area contributed by atoms with Crippen LogP contribution in [0.15, 0.2) is 0 Å². The Morgan fingerprint density at radius 3 is 2.86 bits per heavy atom. The Kier molecular flexibility index (Phi) is 4.82. The van der Waals surface area contributed by atoms with Gasteiger partial charge in [-0.3, -0.25) is 0 Å². The monoisotopic (exact) mass is 309 g/mol. The SMILES string of the molecule is CCC(C)c1nc(N2CCC(OC)C2)sc1CNC1CC1. The van der Waals surface area contributed by atoms with E-state index in [1.165, 1.54) is 28.5 Å². The summed E-state index contributed by atoms with van der Waals surface area (Å²) < 4.78 is 5.48. The first-order chi connectivity index (χ1) is 10.2. The van der Waals surface area contributed by atoms with Crippen LogP contribution in [0.1, 0.15) is 56.0 Å². The third kappa shape index (κ3) is 3.58. The molecule has 1 aliphatic heterocycles. The number of hydrogen-bond donors (Lipinski definition) is 1. The van der Waals surface area contributed by atoms with Gasteiger partial charge in [0.05, 0.1) is 11.8 Å². The van der Waals surface area contributed by atoms with Crippen LogP contribution in [0.3, 0.4) is 0 Å². The molecule has 1 saturated carbocycles. The second kappa shape index (κ2) is 6.63. The first-order valence-corrected chi connectivity index (χ1v) is 9.03. The van der Waals surface area contributed by atoms with E-state index in [4.69, 9.17) is 9.72 Å². The standard InChI is InChI=1S/C16H27N3OS/c1-4-11(2)15-14(9-17-12-5-6-12)21-16(18-15)19-8-7-13(10-19)20-3/h11-13,17H,4-10H2,1-3H3. The summed E-state index contributed by atoms with van der Waals surface area (Å²) in [5, 5.41) is 4.84. The van der Waals surface area contributed by atoms with Crippen molar-refractivity contribution in [2.75, 3.05) is 25.1 Å². The number of aromatic nitrogens is 1. The first-order valence-electron chi connectivity index (χ1n) is 8.22. The van der Waals surface area contributed by atoms with Gasteiger partial charge >= 0.3 is 0 Å². The van der Waals surface area contributed by atoms with E-state index in [1.807, 2.05) is 18.4 Å². The maximum Gasteiger partial charge on any atom is 0.185 e. The number of rotatable bonds is 7. The van der Waals surface area contributed by atoms with Gasteiger partial charge in [0.15, 0.2) is 5.13 Å². The highest BCUT2D eigenvalue weighted by Gasteiger charge is 2.27. The molecular formula is C16H27N3OS. The molecule has 118 valence electrons. The van der Waals surface area contributed by atoms with Crippen LogP contribution >= 0.6 is 11.3 Å². The molecule has 2 heterocycles. The van der Waals surface area contributed by atoms with Gasteiger partial charge < -0.3 is 15.0 Å². The van der Waals surface area contributed by atoms with Gasteiger partial charge in [-0.2, -0.15) is 0 Å². The lowest BCUT2D eigenvalue weighted by Gasteiger charge is -2.14. The van der Waals surface area contributed by atoms with Gasteiger partial charge in [0.25, 0.3) is 0 Å². The van der Waals surface area contributed by atoms with Gasteiger partial charge in [-0.05, 0) is 31.6 Å². The van der Waals surface area contributed by atoms with Crippen LogP contribution in [0.4, 0.5) is 5.13 Å². The molecule has 0 radical (unpaired) electrons. The van der Waals surface area contributed by atoms with Crippen molar-refractivity contribution in [3.05, 3.63) is 10.6 Å². The minimum absolute atomic E-state index is 0.369. The zero-order valence-corrected chi connectivity index (χ0v) is 14.2. The Labute approximate surface area is 131 Å². The second-order valence-corrected chi connectivity index (χ2v) is 7.42. The molecule has 2 atom stereocenters. The number of nitrogens with one attached hydrogen (secondary N) is 1. The summed E-state index contributed by atoms with van der Waals surface area (Å²) in [7, 11) is 1.81. The molecule has 1 aromatic rings. The van der Waals surface area contributed by atoms with Crippen molar-refractivity contribution in [2.24, 2.45) is 0 Å². The summed E-state index contributed by atoms with van der Waals surface area (Å²) >= 11 is 1.88. The number of anilines is 1. The van der Waals surface area contributed by atoms with Gasteiger partial charge in [0.1, 0.15) is 0 Å². The molecule has 5 heteroatoms.